The summed E-state index contributed by atoms with van der Waals surface area (Å²) in [6.45, 7) is 1.51. The molecule has 2 aromatic carbocycles. The van der Waals surface area contributed by atoms with Crippen LogP contribution in [0.15, 0.2) is 65.6 Å². The topological polar surface area (TPSA) is 89.9 Å². The molecule has 8 nitrogen and oxygen atoms in total. The van der Waals surface area contributed by atoms with E-state index in [2.05, 4.69) is 5.32 Å². The fourth-order valence-electron chi connectivity index (χ4n) is 4.28. The standard InChI is InChI=1S/C26H24FN3O5/c27-19-9-7-17(8-10-19)13-28-25(32)20-14-29-15-21-30(11-4-12-34-21)26(33)22(29)24(23(20)31)35-16-18-5-2-1-3-6-18/h1-3,5-10,14,21H,4,11-13,15-16H2,(H,28,32)/t21-/m0/s1. The lowest BCUT2D eigenvalue weighted by Crippen LogP contribution is -2.53. The molecule has 0 unspecified atom stereocenters. The van der Waals surface area contributed by atoms with Gasteiger partial charge in [0.1, 0.15) is 18.0 Å². The second-order valence-electron chi connectivity index (χ2n) is 8.46. The van der Waals surface area contributed by atoms with Crippen molar-refractivity contribution in [2.75, 3.05) is 13.2 Å². The Morgan fingerprint density at radius 1 is 1.09 bits per heavy atom. The molecule has 1 fully saturated rings. The maximum Gasteiger partial charge on any atom is 0.276 e. The summed E-state index contributed by atoms with van der Waals surface area (Å²) in [7, 11) is 0. The Morgan fingerprint density at radius 2 is 1.86 bits per heavy atom. The smallest absolute Gasteiger partial charge is 0.276 e. The van der Waals surface area contributed by atoms with E-state index in [-0.39, 0.29) is 48.4 Å². The number of nitrogens with one attached hydrogen (secondary N) is 1. The number of hydrogen-bond donors (Lipinski definition) is 1. The molecular weight excluding hydrogens is 453 g/mol. The first-order valence-electron chi connectivity index (χ1n) is 11.4. The minimum atomic E-state index is -0.659. The molecule has 0 aliphatic carbocycles. The van der Waals surface area contributed by atoms with E-state index in [1.165, 1.54) is 18.3 Å². The highest BCUT2D eigenvalue weighted by molar-refractivity contribution is 5.99. The molecule has 1 atom stereocenters. The van der Waals surface area contributed by atoms with Gasteiger partial charge < -0.3 is 24.3 Å². The largest absolute Gasteiger partial charge is 0.483 e. The van der Waals surface area contributed by atoms with E-state index in [1.54, 1.807) is 21.6 Å². The molecule has 0 saturated carbocycles. The predicted octanol–water partition coefficient (Wildman–Crippen LogP) is 2.70. The second-order valence-corrected chi connectivity index (χ2v) is 8.46. The Kier molecular flexibility index (Phi) is 6.33. The van der Waals surface area contributed by atoms with Gasteiger partial charge in [-0.3, -0.25) is 14.4 Å². The molecule has 3 aromatic rings. The molecule has 0 bridgehead atoms. The van der Waals surface area contributed by atoms with Crippen LogP contribution in [0.5, 0.6) is 5.75 Å². The first-order chi connectivity index (χ1) is 17.0. The average molecular weight is 477 g/mol. The lowest BCUT2D eigenvalue weighted by atomic mass is 10.1. The van der Waals surface area contributed by atoms with Crippen molar-refractivity contribution in [3.05, 3.63) is 99.2 Å². The minimum Gasteiger partial charge on any atom is -0.483 e. The minimum absolute atomic E-state index is 0.0664. The number of nitrogens with zero attached hydrogens (tertiary/aromatic N) is 2. The number of hydrogen-bond acceptors (Lipinski definition) is 5. The summed E-state index contributed by atoms with van der Waals surface area (Å²) in [6.07, 6.45) is 1.62. The van der Waals surface area contributed by atoms with Crippen LogP contribution in [-0.2, 0) is 24.4 Å². The van der Waals surface area contributed by atoms with Gasteiger partial charge in [-0.1, -0.05) is 42.5 Å². The third-order valence-electron chi connectivity index (χ3n) is 6.09. The molecular formula is C26H24FN3O5. The van der Waals surface area contributed by atoms with E-state index in [4.69, 9.17) is 9.47 Å². The molecule has 180 valence electrons. The van der Waals surface area contributed by atoms with E-state index in [1.807, 2.05) is 30.3 Å². The molecule has 5 rings (SSSR count). The van der Waals surface area contributed by atoms with Gasteiger partial charge in [0.05, 0.1) is 13.2 Å². The first-order valence-corrected chi connectivity index (χ1v) is 11.4. The molecule has 3 heterocycles. The number of fused-ring (bicyclic) bond motifs is 2. The normalized spacial score (nSPS) is 16.9. The van der Waals surface area contributed by atoms with Gasteiger partial charge in [0, 0.05) is 19.3 Å². The molecule has 35 heavy (non-hydrogen) atoms. The number of pyridine rings is 1. The number of carbonyl (C=O) groups is 2. The van der Waals surface area contributed by atoms with Gasteiger partial charge in [0.15, 0.2) is 17.7 Å². The molecule has 1 N–H and O–H groups in total. The van der Waals surface area contributed by atoms with Gasteiger partial charge in [-0.2, -0.15) is 0 Å². The number of halogens is 1. The van der Waals surface area contributed by atoms with E-state index >= 15 is 0 Å². The number of rotatable bonds is 6. The summed E-state index contributed by atoms with van der Waals surface area (Å²) in [6, 6.07) is 15.0. The van der Waals surface area contributed by atoms with Crippen molar-refractivity contribution in [2.24, 2.45) is 0 Å². The quantitative estimate of drug-likeness (QED) is 0.590. The average Bonchev–Trinajstić information content (AvgIpc) is 2.88. The fourth-order valence-corrected chi connectivity index (χ4v) is 4.28. The Balaban J connectivity index is 1.48. The molecule has 1 saturated heterocycles. The van der Waals surface area contributed by atoms with E-state index in [0.717, 1.165) is 5.56 Å². The third-order valence-corrected chi connectivity index (χ3v) is 6.09. The number of benzene rings is 2. The van der Waals surface area contributed by atoms with Crippen molar-refractivity contribution in [3.63, 3.8) is 0 Å². The third kappa shape index (κ3) is 4.67. The van der Waals surface area contributed by atoms with Gasteiger partial charge in [-0.15, -0.1) is 0 Å². The van der Waals surface area contributed by atoms with Crippen LogP contribution in [0.25, 0.3) is 0 Å². The Labute approximate surface area is 200 Å². The summed E-state index contributed by atoms with van der Waals surface area (Å²) in [4.78, 5) is 41.3. The van der Waals surface area contributed by atoms with E-state index in [0.29, 0.717) is 25.1 Å². The van der Waals surface area contributed by atoms with Crippen molar-refractivity contribution in [1.82, 2.24) is 14.8 Å². The van der Waals surface area contributed by atoms with Crippen LogP contribution in [0.1, 0.15) is 38.4 Å². The Morgan fingerprint density at radius 3 is 2.63 bits per heavy atom. The fraction of sp³-hybridized carbons (Fsp3) is 0.269. The maximum atomic E-state index is 13.4. The summed E-state index contributed by atoms with van der Waals surface area (Å²) >= 11 is 0. The van der Waals surface area contributed by atoms with E-state index < -0.39 is 17.6 Å². The Bertz CT molecular complexity index is 1310. The number of carbonyl (C=O) groups excluding carboxylic acids is 2. The lowest BCUT2D eigenvalue weighted by Gasteiger charge is -2.40. The van der Waals surface area contributed by atoms with Crippen LogP contribution in [0.3, 0.4) is 0 Å². The summed E-state index contributed by atoms with van der Waals surface area (Å²) < 4.78 is 26.4. The van der Waals surface area contributed by atoms with Crippen molar-refractivity contribution in [1.29, 1.82) is 0 Å². The van der Waals surface area contributed by atoms with Gasteiger partial charge in [-0.25, -0.2) is 4.39 Å². The molecule has 2 amide bonds. The zero-order valence-corrected chi connectivity index (χ0v) is 18.9. The number of aromatic nitrogens is 1. The summed E-state index contributed by atoms with van der Waals surface area (Å²) in [5.41, 5.74) is 0.811. The molecule has 9 heteroatoms. The highest BCUT2D eigenvalue weighted by atomic mass is 19.1. The highest BCUT2D eigenvalue weighted by Crippen LogP contribution is 2.27. The zero-order chi connectivity index (χ0) is 24.4. The van der Waals surface area contributed by atoms with Crippen LogP contribution >= 0.6 is 0 Å². The van der Waals surface area contributed by atoms with Crippen molar-refractivity contribution in [2.45, 2.75) is 32.3 Å². The van der Waals surface area contributed by atoms with Gasteiger partial charge in [-0.05, 0) is 29.7 Å². The monoisotopic (exact) mass is 477 g/mol. The SMILES string of the molecule is O=C(NCc1ccc(F)cc1)c1cn2c(c(OCc3ccccc3)c1=O)C(=O)N1CCCO[C@H]1C2. The van der Waals surface area contributed by atoms with Gasteiger partial charge >= 0.3 is 0 Å². The molecule has 2 aliphatic heterocycles. The van der Waals surface area contributed by atoms with E-state index in [9.17, 15) is 18.8 Å². The van der Waals surface area contributed by atoms with Crippen LogP contribution in [0, 0.1) is 5.82 Å². The van der Waals surface area contributed by atoms with Crippen LogP contribution < -0.4 is 15.5 Å². The summed E-state index contributed by atoms with van der Waals surface area (Å²) in [5.74, 6) is -1.51. The summed E-state index contributed by atoms with van der Waals surface area (Å²) in [5, 5.41) is 2.69. The number of amides is 2. The van der Waals surface area contributed by atoms with Gasteiger partial charge in [0.2, 0.25) is 5.43 Å². The van der Waals surface area contributed by atoms with Crippen LogP contribution in [-0.4, -0.2) is 40.7 Å². The van der Waals surface area contributed by atoms with Crippen molar-refractivity contribution >= 4 is 11.8 Å². The van der Waals surface area contributed by atoms with Crippen LogP contribution in [0.4, 0.5) is 4.39 Å². The molecule has 0 spiro atoms. The zero-order valence-electron chi connectivity index (χ0n) is 18.9. The first kappa shape index (κ1) is 22.8. The van der Waals surface area contributed by atoms with Gasteiger partial charge in [0.25, 0.3) is 11.8 Å². The maximum absolute atomic E-state index is 13.4. The number of ether oxygens (including phenoxy) is 2. The molecule has 1 aromatic heterocycles. The highest BCUT2D eigenvalue weighted by Gasteiger charge is 2.38. The lowest BCUT2D eigenvalue weighted by molar-refractivity contribution is -0.0920. The van der Waals surface area contributed by atoms with Crippen molar-refractivity contribution in [3.8, 4) is 5.75 Å². The van der Waals surface area contributed by atoms with Crippen molar-refractivity contribution < 1.29 is 23.5 Å². The second kappa shape index (κ2) is 9.71. The van der Waals surface area contributed by atoms with Crippen LogP contribution in [0.2, 0.25) is 0 Å². The molecule has 0 radical (unpaired) electrons. The Hall–Kier alpha value is -3.98. The predicted molar refractivity (Wildman–Crippen MR) is 124 cm³/mol. The molecule has 2 aliphatic rings.